The van der Waals surface area contributed by atoms with Crippen molar-refractivity contribution in [1.82, 2.24) is 15.2 Å². The summed E-state index contributed by atoms with van der Waals surface area (Å²) in [5.74, 6) is -0.497. The van der Waals surface area contributed by atoms with Crippen molar-refractivity contribution in [3.05, 3.63) is 94.0 Å². The zero-order valence-corrected chi connectivity index (χ0v) is 18.6. The number of thioether (sulfide) groups is 1. The van der Waals surface area contributed by atoms with Crippen LogP contribution in [0.4, 0.5) is 11.4 Å². The van der Waals surface area contributed by atoms with Crippen LogP contribution >= 0.6 is 23.4 Å². The average molecular weight is 478 g/mol. The Balaban J connectivity index is 1.55. The van der Waals surface area contributed by atoms with E-state index in [0.29, 0.717) is 16.5 Å². The van der Waals surface area contributed by atoms with E-state index in [4.69, 9.17) is 11.6 Å². The van der Waals surface area contributed by atoms with E-state index >= 15 is 0 Å². The van der Waals surface area contributed by atoms with Crippen LogP contribution in [0.1, 0.15) is 0 Å². The minimum absolute atomic E-state index is 0.0552. The van der Waals surface area contributed by atoms with Crippen LogP contribution in [0.3, 0.4) is 0 Å². The fourth-order valence-corrected chi connectivity index (χ4v) is 3.79. The molecule has 164 valence electrons. The van der Waals surface area contributed by atoms with Gasteiger partial charge in [0.15, 0.2) is 0 Å². The molecule has 10 heteroatoms. The Bertz CT molecular complexity index is 1310. The van der Waals surface area contributed by atoms with Crippen LogP contribution < -0.4 is 5.32 Å². The summed E-state index contributed by atoms with van der Waals surface area (Å²) < 4.78 is 0. The summed E-state index contributed by atoms with van der Waals surface area (Å²) in [5, 5.41) is 22.8. The standard InChI is InChI=1S/C23H16ClN5O3S/c24-17-11-12-18(19(13-17)29(31)32)25-20(30)14-33-23-26-21(15-7-3-1-4-8-15)22(27-28-23)16-9-5-2-6-10-16/h1-13H,14H2,(H,25,30). The molecule has 33 heavy (non-hydrogen) atoms. The maximum absolute atomic E-state index is 12.4. The Kier molecular flexibility index (Phi) is 6.92. The summed E-state index contributed by atoms with van der Waals surface area (Å²) in [6, 6.07) is 23.2. The molecule has 1 aromatic heterocycles. The molecule has 0 aliphatic carbocycles. The van der Waals surface area contributed by atoms with E-state index in [1.165, 1.54) is 18.2 Å². The normalized spacial score (nSPS) is 10.6. The summed E-state index contributed by atoms with van der Waals surface area (Å²) in [6.07, 6.45) is 0. The highest BCUT2D eigenvalue weighted by Crippen LogP contribution is 2.30. The van der Waals surface area contributed by atoms with E-state index in [-0.39, 0.29) is 22.2 Å². The van der Waals surface area contributed by atoms with Crippen LogP contribution in [0.2, 0.25) is 5.02 Å². The molecule has 0 radical (unpaired) electrons. The molecule has 0 fully saturated rings. The van der Waals surface area contributed by atoms with Crippen LogP contribution in [-0.4, -0.2) is 31.8 Å². The molecule has 0 spiro atoms. The third kappa shape index (κ3) is 5.51. The van der Waals surface area contributed by atoms with Gasteiger partial charge in [-0.05, 0) is 12.1 Å². The summed E-state index contributed by atoms with van der Waals surface area (Å²) in [6.45, 7) is 0. The Morgan fingerprint density at radius 1 is 0.939 bits per heavy atom. The van der Waals surface area contributed by atoms with Crippen molar-refractivity contribution in [2.75, 3.05) is 11.1 Å². The van der Waals surface area contributed by atoms with E-state index in [2.05, 4.69) is 20.5 Å². The molecule has 0 aliphatic rings. The first kappa shape index (κ1) is 22.4. The van der Waals surface area contributed by atoms with Crippen LogP contribution in [0.5, 0.6) is 0 Å². The summed E-state index contributed by atoms with van der Waals surface area (Å²) in [4.78, 5) is 27.7. The molecule has 1 N–H and O–H groups in total. The van der Waals surface area contributed by atoms with E-state index in [9.17, 15) is 14.9 Å². The molecule has 0 aliphatic heterocycles. The number of anilines is 1. The predicted molar refractivity (Wildman–Crippen MR) is 128 cm³/mol. The molecule has 0 saturated carbocycles. The van der Waals surface area contributed by atoms with Gasteiger partial charge < -0.3 is 5.32 Å². The number of hydrogen-bond donors (Lipinski definition) is 1. The van der Waals surface area contributed by atoms with Crippen molar-refractivity contribution >= 4 is 40.6 Å². The van der Waals surface area contributed by atoms with Gasteiger partial charge in [-0.3, -0.25) is 14.9 Å². The average Bonchev–Trinajstić information content (AvgIpc) is 2.84. The number of nitro benzene ring substituents is 1. The predicted octanol–water partition coefficient (Wildman–Crippen LogP) is 5.50. The quantitative estimate of drug-likeness (QED) is 0.212. The largest absolute Gasteiger partial charge is 0.320 e. The molecule has 4 aromatic rings. The van der Waals surface area contributed by atoms with E-state index < -0.39 is 10.8 Å². The topological polar surface area (TPSA) is 111 Å². The lowest BCUT2D eigenvalue weighted by atomic mass is 10.0. The minimum atomic E-state index is -0.601. The number of amides is 1. The number of halogens is 1. The number of hydrogen-bond acceptors (Lipinski definition) is 7. The third-order valence-electron chi connectivity index (χ3n) is 4.52. The number of nitrogens with one attached hydrogen (secondary N) is 1. The molecule has 4 rings (SSSR count). The molecule has 0 bridgehead atoms. The van der Waals surface area contributed by atoms with Gasteiger partial charge in [0.25, 0.3) is 5.69 Å². The molecule has 0 atom stereocenters. The Morgan fingerprint density at radius 2 is 1.58 bits per heavy atom. The smallest absolute Gasteiger partial charge is 0.294 e. The van der Waals surface area contributed by atoms with Gasteiger partial charge in [0.1, 0.15) is 17.1 Å². The third-order valence-corrected chi connectivity index (χ3v) is 5.60. The van der Waals surface area contributed by atoms with Gasteiger partial charge in [0.2, 0.25) is 11.1 Å². The molecule has 3 aromatic carbocycles. The first-order valence-corrected chi connectivity index (χ1v) is 11.1. The van der Waals surface area contributed by atoms with E-state index in [1.54, 1.807) is 0 Å². The number of rotatable bonds is 7. The van der Waals surface area contributed by atoms with E-state index in [0.717, 1.165) is 22.9 Å². The lowest BCUT2D eigenvalue weighted by Crippen LogP contribution is -2.15. The number of nitrogens with zero attached hydrogens (tertiary/aromatic N) is 4. The fourth-order valence-electron chi connectivity index (χ4n) is 3.04. The summed E-state index contributed by atoms with van der Waals surface area (Å²) in [7, 11) is 0. The van der Waals surface area contributed by atoms with Crippen LogP contribution in [-0.2, 0) is 4.79 Å². The second-order valence-electron chi connectivity index (χ2n) is 6.78. The molecular formula is C23H16ClN5O3S. The monoisotopic (exact) mass is 477 g/mol. The zero-order chi connectivity index (χ0) is 23.2. The van der Waals surface area contributed by atoms with Gasteiger partial charge in [-0.25, -0.2) is 4.98 Å². The second kappa shape index (κ2) is 10.2. The van der Waals surface area contributed by atoms with Gasteiger partial charge in [-0.2, -0.15) is 0 Å². The summed E-state index contributed by atoms with van der Waals surface area (Å²) >= 11 is 6.90. The van der Waals surface area contributed by atoms with Crippen molar-refractivity contribution in [3.63, 3.8) is 0 Å². The molecule has 1 amide bonds. The maximum Gasteiger partial charge on any atom is 0.294 e. The lowest BCUT2D eigenvalue weighted by molar-refractivity contribution is -0.383. The number of benzene rings is 3. The van der Waals surface area contributed by atoms with Crippen molar-refractivity contribution in [2.24, 2.45) is 0 Å². The number of nitro groups is 1. The molecular weight excluding hydrogens is 462 g/mol. The van der Waals surface area contributed by atoms with Gasteiger partial charge in [0, 0.05) is 22.2 Å². The van der Waals surface area contributed by atoms with E-state index in [1.807, 2.05) is 60.7 Å². The Morgan fingerprint density at radius 3 is 2.21 bits per heavy atom. The highest BCUT2D eigenvalue weighted by Gasteiger charge is 2.18. The first-order chi connectivity index (χ1) is 16.0. The van der Waals surface area contributed by atoms with Crippen molar-refractivity contribution in [1.29, 1.82) is 0 Å². The van der Waals surface area contributed by atoms with Crippen molar-refractivity contribution in [2.45, 2.75) is 5.16 Å². The van der Waals surface area contributed by atoms with Crippen molar-refractivity contribution < 1.29 is 9.72 Å². The van der Waals surface area contributed by atoms with Crippen molar-refractivity contribution in [3.8, 4) is 22.5 Å². The fraction of sp³-hybridized carbons (Fsp3) is 0.0435. The van der Waals surface area contributed by atoms with Crippen LogP contribution in [0, 0.1) is 10.1 Å². The highest BCUT2D eigenvalue weighted by atomic mass is 35.5. The first-order valence-electron chi connectivity index (χ1n) is 9.73. The minimum Gasteiger partial charge on any atom is -0.320 e. The van der Waals surface area contributed by atoms with Gasteiger partial charge in [-0.1, -0.05) is 84.0 Å². The molecule has 8 nitrogen and oxygen atoms in total. The highest BCUT2D eigenvalue weighted by molar-refractivity contribution is 7.99. The maximum atomic E-state index is 12.4. The van der Waals surface area contributed by atoms with Gasteiger partial charge >= 0.3 is 0 Å². The Labute approximate surface area is 198 Å². The zero-order valence-electron chi connectivity index (χ0n) is 17.0. The molecule has 1 heterocycles. The Hall–Kier alpha value is -3.82. The molecule has 0 unspecified atom stereocenters. The van der Waals surface area contributed by atoms with Crippen LogP contribution in [0.25, 0.3) is 22.5 Å². The van der Waals surface area contributed by atoms with Gasteiger partial charge in [0.05, 0.1) is 10.7 Å². The number of carbonyl (C=O) groups excluding carboxylic acids is 1. The second-order valence-corrected chi connectivity index (χ2v) is 8.16. The summed E-state index contributed by atoms with van der Waals surface area (Å²) in [5.41, 5.74) is 2.81. The van der Waals surface area contributed by atoms with Gasteiger partial charge in [-0.15, -0.1) is 10.2 Å². The molecule has 0 saturated heterocycles. The van der Waals surface area contributed by atoms with Crippen LogP contribution in [0.15, 0.2) is 84.0 Å². The lowest BCUT2D eigenvalue weighted by Gasteiger charge is -2.09. The number of carbonyl (C=O) groups is 1. The number of aromatic nitrogens is 3. The SMILES string of the molecule is O=C(CSc1nnc(-c2ccccc2)c(-c2ccccc2)n1)Nc1ccc(Cl)cc1[N+](=O)[O-].